The summed E-state index contributed by atoms with van der Waals surface area (Å²) in [4.78, 5) is 4.32. The molecule has 1 aromatic heterocycles. The monoisotopic (exact) mass is 164 g/mol. The van der Waals surface area contributed by atoms with Gasteiger partial charge < -0.3 is 4.57 Å². The predicted molar refractivity (Wildman–Crippen MR) is 52.3 cm³/mol. The molecule has 0 radical (unpaired) electrons. The van der Waals surface area contributed by atoms with E-state index < -0.39 is 0 Å². The molecule has 0 saturated carbocycles. The molecular formula is C10H16N2. The van der Waals surface area contributed by atoms with Crippen LogP contribution in [0.2, 0.25) is 0 Å². The minimum absolute atomic E-state index is 0.458. The molecule has 2 heteroatoms. The van der Waals surface area contributed by atoms with E-state index in [9.17, 15) is 0 Å². The van der Waals surface area contributed by atoms with Crippen molar-refractivity contribution in [2.75, 3.05) is 0 Å². The highest BCUT2D eigenvalue weighted by molar-refractivity contribution is 5.18. The number of aromatic nitrogens is 2. The van der Waals surface area contributed by atoms with Gasteiger partial charge in [0.25, 0.3) is 0 Å². The molecule has 12 heavy (non-hydrogen) atoms. The number of hydrogen-bond donors (Lipinski definition) is 0. The topological polar surface area (TPSA) is 17.8 Å². The maximum atomic E-state index is 4.32. The van der Waals surface area contributed by atoms with E-state index in [1.165, 1.54) is 0 Å². The maximum Gasteiger partial charge on any atom is 0.106 e. The van der Waals surface area contributed by atoms with Crippen LogP contribution in [0.1, 0.15) is 32.6 Å². The lowest BCUT2D eigenvalue weighted by atomic mass is 10.3. The summed E-state index contributed by atoms with van der Waals surface area (Å²) in [6.45, 7) is 12.2. The molecule has 0 spiro atoms. The molecule has 0 saturated heterocycles. The van der Waals surface area contributed by atoms with Crippen molar-refractivity contribution in [2.24, 2.45) is 0 Å². The Hall–Kier alpha value is -1.05. The molecule has 0 aromatic carbocycles. The SMILES string of the molecule is C=c1nc(C)n(C(C)C)c1=CC. The fraction of sp³-hybridized carbons (Fsp3) is 0.500. The van der Waals surface area contributed by atoms with Crippen molar-refractivity contribution in [3.8, 4) is 0 Å². The number of nitrogens with zero attached hydrogens (tertiary/aromatic N) is 2. The average Bonchev–Trinajstić information content (AvgIpc) is 2.24. The van der Waals surface area contributed by atoms with Gasteiger partial charge in [0.1, 0.15) is 5.82 Å². The second-order valence-electron chi connectivity index (χ2n) is 3.24. The van der Waals surface area contributed by atoms with Crippen molar-refractivity contribution in [3.05, 3.63) is 16.5 Å². The van der Waals surface area contributed by atoms with Gasteiger partial charge in [-0.25, -0.2) is 4.98 Å². The normalized spacial score (nSPS) is 12.9. The summed E-state index contributed by atoms with van der Waals surface area (Å²) in [5, 5.41) is 2.02. The van der Waals surface area contributed by atoms with Gasteiger partial charge >= 0.3 is 0 Å². The molecular weight excluding hydrogens is 148 g/mol. The molecule has 2 nitrogen and oxygen atoms in total. The smallest absolute Gasteiger partial charge is 0.106 e. The third-order valence-electron chi connectivity index (χ3n) is 1.99. The quantitative estimate of drug-likeness (QED) is 0.605. The summed E-state index contributed by atoms with van der Waals surface area (Å²) in [7, 11) is 0. The van der Waals surface area contributed by atoms with E-state index in [1.54, 1.807) is 0 Å². The first kappa shape index (κ1) is 9.04. The third kappa shape index (κ3) is 1.29. The van der Waals surface area contributed by atoms with E-state index in [0.717, 1.165) is 16.5 Å². The van der Waals surface area contributed by atoms with Crippen LogP contribution in [0.5, 0.6) is 0 Å². The minimum Gasteiger partial charge on any atom is -0.326 e. The Labute approximate surface area is 73.2 Å². The van der Waals surface area contributed by atoms with Gasteiger partial charge in [0.15, 0.2) is 0 Å². The highest BCUT2D eigenvalue weighted by Gasteiger charge is 2.04. The lowest BCUT2D eigenvalue weighted by molar-refractivity contribution is 0.569. The van der Waals surface area contributed by atoms with E-state index in [2.05, 4.69) is 36.1 Å². The maximum absolute atomic E-state index is 4.32. The van der Waals surface area contributed by atoms with Crippen molar-refractivity contribution >= 4 is 12.7 Å². The fourth-order valence-corrected chi connectivity index (χ4v) is 1.58. The van der Waals surface area contributed by atoms with Crippen LogP contribution < -0.4 is 10.7 Å². The summed E-state index contributed by atoms with van der Waals surface area (Å²) in [5.41, 5.74) is 0. The van der Waals surface area contributed by atoms with E-state index >= 15 is 0 Å². The zero-order chi connectivity index (χ0) is 9.30. The molecule has 0 amide bonds. The van der Waals surface area contributed by atoms with Crippen molar-refractivity contribution in [3.63, 3.8) is 0 Å². The number of imidazole rings is 1. The zero-order valence-electron chi connectivity index (χ0n) is 8.26. The van der Waals surface area contributed by atoms with Crippen LogP contribution >= 0.6 is 0 Å². The van der Waals surface area contributed by atoms with Gasteiger partial charge in [0.2, 0.25) is 0 Å². The van der Waals surface area contributed by atoms with Crippen LogP contribution in [0, 0.1) is 6.92 Å². The molecule has 0 aliphatic carbocycles. The molecule has 1 heterocycles. The molecule has 0 atom stereocenters. The van der Waals surface area contributed by atoms with Gasteiger partial charge in [0, 0.05) is 6.04 Å². The first-order valence-electron chi connectivity index (χ1n) is 4.28. The Bertz CT molecular complexity index is 371. The summed E-state index contributed by atoms with van der Waals surface area (Å²) in [5.74, 6) is 1.04. The van der Waals surface area contributed by atoms with Gasteiger partial charge in [-0.15, -0.1) is 0 Å². The number of aryl methyl sites for hydroxylation is 1. The van der Waals surface area contributed by atoms with Crippen molar-refractivity contribution < 1.29 is 0 Å². The standard InChI is InChI=1S/C10H16N2/c1-6-10-8(4)11-9(5)12(10)7(2)3/h6-7H,4H2,1-3,5H3. The second-order valence-corrected chi connectivity index (χ2v) is 3.24. The Kier molecular flexibility index (Phi) is 2.36. The molecule has 0 aliphatic rings. The third-order valence-corrected chi connectivity index (χ3v) is 1.99. The van der Waals surface area contributed by atoms with Crippen LogP contribution in [0.25, 0.3) is 12.7 Å². The van der Waals surface area contributed by atoms with Crippen molar-refractivity contribution in [1.82, 2.24) is 9.55 Å². The Morgan fingerprint density at radius 3 is 2.42 bits per heavy atom. The summed E-state index contributed by atoms with van der Waals surface area (Å²) < 4.78 is 2.20. The molecule has 1 rings (SSSR count). The van der Waals surface area contributed by atoms with E-state index in [-0.39, 0.29) is 0 Å². The second kappa shape index (κ2) is 3.13. The number of hydrogen-bond acceptors (Lipinski definition) is 1. The molecule has 0 fully saturated rings. The fourth-order valence-electron chi connectivity index (χ4n) is 1.58. The minimum atomic E-state index is 0.458. The van der Waals surface area contributed by atoms with Gasteiger partial charge in [-0.1, -0.05) is 12.7 Å². The van der Waals surface area contributed by atoms with Crippen LogP contribution in [0.3, 0.4) is 0 Å². The van der Waals surface area contributed by atoms with Crippen LogP contribution in [0.4, 0.5) is 0 Å². The molecule has 1 aromatic rings. The first-order valence-corrected chi connectivity index (χ1v) is 4.28. The van der Waals surface area contributed by atoms with Crippen LogP contribution in [-0.2, 0) is 0 Å². The van der Waals surface area contributed by atoms with E-state index in [4.69, 9.17) is 0 Å². The van der Waals surface area contributed by atoms with Gasteiger partial charge in [-0.3, -0.25) is 0 Å². The molecule has 0 bridgehead atoms. The van der Waals surface area contributed by atoms with Crippen molar-refractivity contribution in [1.29, 1.82) is 0 Å². The predicted octanol–water partition coefficient (Wildman–Crippen LogP) is 0.983. The molecule has 0 N–H and O–H groups in total. The van der Waals surface area contributed by atoms with E-state index in [1.807, 2.05) is 13.8 Å². The molecule has 0 unspecified atom stereocenters. The Morgan fingerprint density at radius 1 is 1.50 bits per heavy atom. The lowest BCUT2D eigenvalue weighted by Crippen LogP contribution is -2.29. The van der Waals surface area contributed by atoms with Gasteiger partial charge in [0.05, 0.1) is 10.7 Å². The van der Waals surface area contributed by atoms with E-state index in [0.29, 0.717) is 6.04 Å². The van der Waals surface area contributed by atoms with Crippen molar-refractivity contribution in [2.45, 2.75) is 33.7 Å². The van der Waals surface area contributed by atoms with Crippen LogP contribution in [-0.4, -0.2) is 9.55 Å². The Balaban J connectivity index is 3.55. The summed E-state index contributed by atoms with van der Waals surface area (Å²) >= 11 is 0. The first-order chi connectivity index (χ1) is 5.57. The lowest BCUT2D eigenvalue weighted by Gasteiger charge is -2.08. The molecule has 66 valence electrons. The zero-order valence-corrected chi connectivity index (χ0v) is 8.26. The van der Waals surface area contributed by atoms with Gasteiger partial charge in [-0.2, -0.15) is 0 Å². The largest absolute Gasteiger partial charge is 0.326 e. The van der Waals surface area contributed by atoms with Crippen LogP contribution in [0.15, 0.2) is 0 Å². The number of rotatable bonds is 1. The van der Waals surface area contributed by atoms with Gasteiger partial charge in [-0.05, 0) is 27.7 Å². The summed E-state index contributed by atoms with van der Waals surface area (Å²) in [6, 6.07) is 0.458. The average molecular weight is 164 g/mol. The highest BCUT2D eigenvalue weighted by atomic mass is 15.1. The summed E-state index contributed by atoms with van der Waals surface area (Å²) in [6.07, 6.45) is 2.06. The molecule has 0 aliphatic heterocycles. The highest BCUT2D eigenvalue weighted by Crippen LogP contribution is 2.00. The Morgan fingerprint density at radius 2 is 2.08 bits per heavy atom.